The van der Waals surface area contributed by atoms with Crippen LogP contribution < -0.4 is 4.90 Å². The second-order valence-corrected chi connectivity index (χ2v) is 4.61. The van der Waals surface area contributed by atoms with Crippen LogP contribution in [0.2, 0.25) is 0 Å². The first-order valence-corrected chi connectivity index (χ1v) is 6.28. The van der Waals surface area contributed by atoms with E-state index in [0.717, 1.165) is 0 Å². The first-order valence-electron chi connectivity index (χ1n) is 6.28. The number of nitro groups is 1. The van der Waals surface area contributed by atoms with Gasteiger partial charge in [-0.3, -0.25) is 14.9 Å². The molecular formula is C13H13N3O5. The smallest absolute Gasteiger partial charge is 0.306 e. The van der Waals surface area contributed by atoms with Gasteiger partial charge in [-0.15, -0.1) is 0 Å². The lowest BCUT2D eigenvalue weighted by Gasteiger charge is -2.33. The number of aliphatic carboxylic acids is 1. The van der Waals surface area contributed by atoms with Gasteiger partial charge in [0.2, 0.25) is 0 Å². The van der Waals surface area contributed by atoms with Crippen LogP contribution >= 0.6 is 0 Å². The van der Waals surface area contributed by atoms with Crippen LogP contribution in [0.5, 0.6) is 0 Å². The maximum atomic E-state index is 11.1. The van der Waals surface area contributed by atoms with Gasteiger partial charge >= 0.3 is 5.97 Å². The summed E-state index contributed by atoms with van der Waals surface area (Å²) in [5.74, 6) is -0.984. The minimum absolute atomic E-state index is 0.107. The lowest BCUT2D eigenvalue weighted by molar-refractivity contribution is -0.384. The average molecular weight is 291 g/mol. The van der Waals surface area contributed by atoms with Crippen molar-refractivity contribution in [1.82, 2.24) is 0 Å². The third-order valence-corrected chi connectivity index (χ3v) is 3.18. The van der Waals surface area contributed by atoms with E-state index in [9.17, 15) is 14.9 Å². The topological polar surface area (TPSA) is 117 Å². The van der Waals surface area contributed by atoms with E-state index in [2.05, 4.69) is 0 Å². The van der Waals surface area contributed by atoms with E-state index >= 15 is 0 Å². The van der Waals surface area contributed by atoms with E-state index in [1.54, 1.807) is 4.90 Å². The molecule has 1 N–H and O–H groups in total. The minimum atomic E-state index is -0.984. The van der Waals surface area contributed by atoms with Crippen LogP contribution in [0, 0.1) is 21.4 Å². The van der Waals surface area contributed by atoms with E-state index < -0.39 is 17.0 Å². The molecule has 0 aliphatic carbocycles. The molecule has 1 fully saturated rings. The normalized spacial score (nSPS) is 18.0. The Morgan fingerprint density at radius 3 is 3.00 bits per heavy atom. The highest BCUT2D eigenvalue weighted by Gasteiger charge is 2.27. The highest BCUT2D eigenvalue weighted by Crippen LogP contribution is 2.30. The van der Waals surface area contributed by atoms with Gasteiger partial charge in [0.15, 0.2) is 0 Å². The Labute approximate surface area is 120 Å². The predicted molar refractivity (Wildman–Crippen MR) is 72.0 cm³/mol. The molecule has 1 aliphatic heterocycles. The zero-order valence-corrected chi connectivity index (χ0v) is 11.1. The van der Waals surface area contributed by atoms with Crippen LogP contribution in [0.3, 0.4) is 0 Å². The molecule has 1 atom stereocenters. The van der Waals surface area contributed by atoms with Crippen molar-refractivity contribution in [3.8, 4) is 6.07 Å². The number of carbonyl (C=O) groups is 1. The summed E-state index contributed by atoms with van der Waals surface area (Å²) in [6.07, 6.45) is -0.691. The number of nitro benzene ring substituents is 1. The highest BCUT2D eigenvalue weighted by molar-refractivity contribution is 5.68. The van der Waals surface area contributed by atoms with Crippen LogP contribution in [0.4, 0.5) is 11.4 Å². The van der Waals surface area contributed by atoms with E-state index in [1.807, 2.05) is 6.07 Å². The van der Waals surface area contributed by atoms with Crippen LogP contribution in [-0.2, 0) is 9.53 Å². The molecule has 0 aromatic heterocycles. The Morgan fingerprint density at radius 1 is 1.62 bits per heavy atom. The maximum Gasteiger partial charge on any atom is 0.306 e. The maximum absolute atomic E-state index is 11.1. The SMILES string of the molecule is N#Cc1ccc([N+](=O)[O-])c(N2CCOC(CC(=O)O)C2)c1. The summed E-state index contributed by atoms with van der Waals surface area (Å²) < 4.78 is 5.34. The number of carboxylic acid groups (broad SMARTS) is 1. The van der Waals surface area contributed by atoms with E-state index in [-0.39, 0.29) is 25.3 Å². The van der Waals surface area contributed by atoms with Crippen LogP contribution in [-0.4, -0.2) is 41.8 Å². The van der Waals surface area contributed by atoms with Crippen molar-refractivity contribution in [1.29, 1.82) is 5.26 Å². The van der Waals surface area contributed by atoms with Crippen molar-refractivity contribution in [3.05, 3.63) is 33.9 Å². The fourth-order valence-electron chi connectivity index (χ4n) is 2.26. The second kappa shape index (κ2) is 6.19. The number of benzene rings is 1. The average Bonchev–Trinajstić information content (AvgIpc) is 2.46. The number of hydrogen-bond donors (Lipinski definition) is 1. The molecule has 110 valence electrons. The quantitative estimate of drug-likeness (QED) is 0.653. The van der Waals surface area contributed by atoms with Gasteiger partial charge in [-0.1, -0.05) is 0 Å². The van der Waals surface area contributed by atoms with Gasteiger partial charge in [-0.25, -0.2) is 0 Å². The van der Waals surface area contributed by atoms with Crippen molar-refractivity contribution in [2.75, 3.05) is 24.6 Å². The third kappa shape index (κ3) is 3.46. The van der Waals surface area contributed by atoms with E-state index in [0.29, 0.717) is 17.8 Å². The van der Waals surface area contributed by atoms with Gasteiger partial charge in [0.05, 0.1) is 35.7 Å². The standard InChI is InChI=1S/C13H13N3O5/c14-7-9-1-2-11(16(19)20)12(5-9)15-3-4-21-10(8-15)6-13(17)18/h1-2,5,10H,3-4,6,8H2,(H,17,18). The summed E-state index contributed by atoms with van der Waals surface area (Å²) in [5, 5.41) is 28.8. The highest BCUT2D eigenvalue weighted by atomic mass is 16.6. The molecule has 1 aromatic rings. The molecule has 8 heteroatoms. The Balaban J connectivity index is 2.29. The number of morpholine rings is 1. The molecule has 1 saturated heterocycles. The van der Waals surface area contributed by atoms with Crippen LogP contribution in [0.25, 0.3) is 0 Å². The fraction of sp³-hybridized carbons (Fsp3) is 0.385. The van der Waals surface area contributed by atoms with Gasteiger partial charge in [-0.05, 0) is 12.1 Å². The Bertz CT molecular complexity index is 610. The molecule has 0 saturated carbocycles. The van der Waals surface area contributed by atoms with Gasteiger partial charge < -0.3 is 14.7 Å². The Kier molecular flexibility index (Phi) is 4.35. The zero-order valence-electron chi connectivity index (χ0n) is 11.1. The van der Waals surface area contributed by atoms with E-state index in [4.69, 9.17) is 15.1 Å². The largest absolute Gasteiger partial charge is 0.481 e. The number of rotatable bonds is 4. The van der Waals surface area contributed by atoms with Crippen molar-refractivity contribution >= 4 is 17.3 Å². The number of anilines is 1. The Hall–Kier alpha value is -2.66. The van der Waals surface area contributed by atoms with E-state index in [1.165, 1.54) is 18.2 Å². The number of carboxylic acids is 1. The number of nitrogens with zero attached hydrogens (tertiary/aromatic N) is 3. The number of nitriles is 1. The summed E-state index contributed by atoms with van der Waals surface area (Å²) in [6, 6.07) is 6.06. The molecule has 1 unspecified atom stereocenters. The summed E-state index contributed by atoms with van der Waals surface area (Å²) in [6.45, 7) is 0.930. The van der Waals surface area contributed by atoms with Crippen molar-refractivity contribution in [2.45, 2.75) is 12.5 Å². The van der Waals surface area contributed by atoms with Crippen molar-refractivity contribution < 1.29 is 19.6 Å². The third-order valence-electron chi connectivity index (χ3n) is 3.18. The number of ether oxygens (including phenoxy) is 1. The van der Waals surface area contributed by atoms with Crippen LogP contribution in [0.1, 0.15) is 12.0 Å². The monoisotopic (exact) mass is 291 g/mol. The van der Waals surface area contributed by atoms with Crippen LogP contribution in [0.15, 0.2) is 18.2 Å². The molecule has 0 amide bonds. The molecule has 8 nitrogen and oxygen atoms in total. The summed E-state index contributed by atoms with van der Waals surface area (Å²) in [7, 11) is 0. The first kappa shape index (κ1) is 14.7. The Morgan fingerprint density at radius 2 is 2.38 bits per heavy atom. The molecule has 0 radical (unpaired) electrons. The van der Waals surface area contributed by atoms with Crippen molar-refractivity contribution in [2.24, 2.45) is 0 Å². The van der Waals surface area contributed by atoms with Gasteiger partial charge in [0.25, 0.3) is 5.69 Å². The van der Waals surface area contributed by atoms with Crippen molar-refractivity contribution in [3.63, 3.8) is 0 Å². The number of hydrogen-bond acceptors (Lipinski definition) is 6. The second-order valence-electron chi connectivity index (χ2n) is 4.61. The fourth-order valence-corrected chi connectivity index (χ4v) is 2.26. The first-order chi connectivity index (χ1) is 10.0. The zero-order chi connectivity index (χ0) is 15.4. The van der Waals surface area contributed by atoms with Gasteiger partial charge in [0.1, 0.15) is 5.69 Å². The molecule has 0 bridgehead atoms. The minimum Gasteiger partial charge on any atom is -0.481 e. The lowest BCUT2D eigenvalue weighted by Crippen LogP contribution is -2.43. The summed E-state index contributed by atoms with van der Waals surface area (Å²) in [5.41, 5.74) is 0.527. The molecular weight excluding hydrogens is 278 g/mol. The lowest BCUT2D eigenvalue weighted by atomic mass is 10.1. The molecule has 2 rings (SSSR count). The predicted octanol–water partition coefficient (Wildman–Crippen LogP) is 1.15. The molecule has 0 spiro atoms. The summed E-state index contributed by atoms with van der Waals surface area (Å²) in [4.78, 5) is 23.0. The van der Waals surface area contributed by atoms with Gasteiger partial charge in [0, 0.05) is 19.2 Å². The molecule has 1 aliphatic rings. The molecule has 1 heterocycles. The molecule has 21 heavy (non-hydrogen) atoms. The summed E-state index contributed by atoms with van der Waals surface area (Å²) >= 11 is 0. The van der Waals surface area contributed by atoms with Gasteiger partial charge in [-0.2, -0.15) is 5.26 Å². The molecule has 1 aromatic carbocycles.